The molecule has 6 heteroatoms. The zero-order valence-electron chi connectivity index (χ0n) is 9.86. The maximum absolute atomic E-state index is 11.5. The molecule has 0 aromatic carbocycles. The van der Waals surface area contributed by atoms with Gasteiger partial charge in [0.15, 0.2) is 0 Å². The summed E-state index contributed by atoms with van der Waals surface area (Å²) >= 11 is 0. The Morgan fingerprint density at radius 2 is 2.00 bits per heavy atom. The molecule has 0 radical (unpaired) electrons. The highest BCUT2D eigenvalue weighted by molar-refractivity contribution is 5.79. The number of rotatable bonds is 5. The van der Waals surface area contributed by atoms with Gasteiger partial charge >= 0.3 is 5.97 Å². The van der Waals surface area contributed by atoms with Crippen molar-refractivity contribution in [2.45, 2.75) is 38.6 Å². The van der Waals surface area contributed by atoms with Gasteiger partial charge in [0.2, 0.25) is 11.8 Å². The molecule has 2 atom stereocenters. The number of carboxylic acid groups (broad SMARTS) is 1. The van der Waals surface area contributed by atoms with Gasteiger partial charge in [-0.05, 0) is 12.8 Å². The lowest BCUT2D eigenvalue weighted by atomic mass is 10.0. The average Bonchev–Trinajstić information content (AvgIpc) is 2.65. The molecule has 1 rings (SSSR count). The van der Waals surface area contributed by atoms with Crippen LogP contribution >= 0.6 is 0 Å². The van der Waals surface area contributed by atoms with E-state index < -0.39 is 11.9 Å². The molecule has 1 saturated carbocycles. The minimum absolute atomic E-state index is 0.179. The molecule has 0 spiro atoms. The third-order valence-electron chi connectivity index (χ3n) is 2.91. The average molecular weight is 242 g/mol. The van der Waals surface area contributed by atoms with Crippen LogP contribution in [-0.2, 0) is 14.4 Å². The molecule has 1 aliphatic carbocycles. The third kappa shape index (κ3) is 4.42. The Balaban J connectivity index is 2.30. The Bertz CT molecular complexity index is 317. The molecule has 3 N–H and O–H groups in total. The van der Waals surface area contributed by atoms with Gasteiger partial charge in [0.1, 0.15) is 0 Å². The summed E-state index contributed by atoms with van der Waals surface area (Å²) in [5, 5.41) is 14.2. The summed E-state index contributed by atoms with van der Waals surface area (Å²) in [4.78, 5) is 33.0. The van der Waals surface area contributed by atoms with Gasteiger partial charge in [-0.3, -0.25) is 14.4 Å². The number of amides is 2. The van der Waals surface area contributed by atoms with Crippen molar-refractivity contribution in [3.8, 4) is 0 Å². The number of carbonyl (C=O) groups excluding carboxylic acids is 2. The summed E-state index contributed by atoms with van der Waals surface area (Å²) in [6.07, 6.45) is 2.34. The van der Waals surface area contributed by atoms with E-state index in [1.54, 1.807) is 0 Å². The van der Waals surface area contributed by atoms with Crippen LogP contribution < -0.4 is 10.6 Å². The highest BCUT2D eigenvalue weighted by Gasteiger charge is 2.33. The van der Waals surface area contributed by atoms with Crippen molar-refractivity contribution < 1.29 is 19.5 Å². The standard InChI is InChI=1S/C11H18N2O4/c1-7(14)12-6-5-10(15)13-9-4-2-3-8(9)11(16)17/h8-9H,2-6H2,1H3,(H,12,14)(H,13,15)(H,16,17). The van der Waals surface area contributed by atoms with Crippen molar-refractivity contribution in [2.24, 2.45) is 5.92 Å². The largest absolute Gasteiger partial charge is 0.481 e. The van der Waals surface area contributed by atoms with Crippen molar-refractivity contribution in [1.29, 1.82) is 0 Å². The Labute approximate surface area is 99.8 Å². The summed E-state index contributed by atoms with van der Waals surface area (Å²) in [6.45, 7) is 1.67. The molecule has 0 bridgehead atoms. The van der Waals surface area contributed by atoms with Crippen LogP contribution in [-0.4, -0.2) is 35.5 Å². The number of aliphatic carboxylic acids is 1. The normalized spacial score (nSPS) is 23.1. The minimum Gasteiger partial charge on any atom is -0.481 e. The first-order valence-electron chi connectivity index (χ1n) is 5.77. The van der Waals surface area contributed by atoms with E-state index in [-0.39, 0.29) is 30.8 Å². The lowest BCUT2D eigenvalue weighted by Crippen LogP contribution is -2.41. The fraction of sp³-hybridized carbons (Fsp3) is 0.727. The van der Waals surface area contributed by atoms with Crippen molar-refractivity contribution >= 4 is 17.8 Å². The zero-order valence-corrected chi connectivity index (χ0v) is 9.86. The summed E-state index contributed by atoms with van der Waals surface area (Å²) in [5.74, 6) is -1.71. The van der Waals surface area contributed by atoms with Gasteiger partial charge in [0.05, 0.1) is 5.92 Å². The second-order valence-electron chi connectivity index (χ2n) is 4.28. The van der Waals surface area contributed by atoms with Crippen molar-refractivity contribution in [3.63, 3.8) is 0 Å². The first-order chi connectivity index (χ1) is 8.00. The van der Waals surface area contributed by atoms with E-state index in [4.69, 9.17) is 5.11 Å². The molecule has 0 aliphatic heterocycles. The van der Waals surface area contributed by atoms with Gasteiger partial charge in [0.25, 0.3) is 0 Å². The lowest BCUT2D eigenvalue weighted by Gasteiger charge is -2.17. The molecular formula is C11H18N2O4. The van der Waals surface area contributed by atoms with Crippen LogP contribution in [0.5, 0.6) is 0 Å². The van der Waals surface area contributed by atoms with Gasteiger partial charge in [-0.2, -0.15) is 0 Å². The molecule has 0 aromatic heterocycles. The summed E-state index contributed by atoms with van der Waals surface area (Å²) < 4.78 is 0. The number of nitrogens with one attached hydrogen (secondary N) is 2. The topological polar surface area (TPSA) is 95.5 Å². The van der Waals surface area contributed by atoms with Crippen LogP contribution in [0.1, 0.15) is 32.6 Å². The molecule has 2 amide bonds. The van der Waals surface area contributed by atoms with Gasteiger partial charge < -0.3 is 15.7 Å². The van der Waals surface area contributed by atoms with Crippen LogP contribution in [0.2, 0.25) is 0 Å². The molecule has 0 aromatic rings. The van der Waals surface area contributed by atoms with E-state index in [1.165, 1.54) is 6.92 Å². The Hall–Kier alpha value is -1.59. The van der Waals surface area contributed by atoms with E-state index >= 15 is 0 Å². The van der Waals surface area contributed by atoms with Crippen LogP contribution in [0.3, 0.4) is 0 Å². The first kappa shape index (κ1) is 13.5. The molecule has 0 saturated heterocycles. The molecule has 2 unspecified atom stereocenters. The minimum atomic E-state index is -0.852. The Kier molecular flexibility index (Phi) is 4.93. The number of hydrogen-bond donors (Lipinski definition) is 3. The van der Waals surface area contributed by atoms with Gasteiger partial charge in [-0.1, -0.05) is 6.42 Å². The van der Waals surface area contributed by atoms with E-state index in [0.717, 1.165) is 6.42 Å². The predicted molar refractivity (Wildman–Crippen MR) is 60.2 cm³/mol. The fourth-order valence-electron chi connectivity index (χ4n) is 2.06. The third-order valence-corrected chi connectivity index (χ3v) is 2.91. The monoisotopic (exact) mass is 242 g/mol. The molecular weight excluding hydrogens is 224 g/mol. The molecule has 6 nitrogen and oxygen atoms in total. The molecule has 96 valence electrons. The number of carbonyl (C=O) groups is 3. The van der Waals surface area contributed by atoms with Crippen LogP contribution in [0.25, 0.3) is 0 Å². The SMILES string of the molecule is CC(=O)NCCC(=O)NC1CCCC1C(=O)O. The summed E-state index contributed by atoms with van der Waals surface area (Å²) in [7, 11) is 0. The highest BCUT2D eigenvalue weighted by Crippen LogP contribution is 2.25. The van der Waals surface area contributed by atoms with Crippen molar-refractivity contribution in [3.05, 3.63) is 0 Å². The smallest absolute Gasteiger partial charge is 0.308 e. The maximum Gasteiger partial charge on any atom is 0.308 e. The van der Waals surface area contributed by atoms with Gasteiger partial charge in [-0.15, -0.1) is 0 Å². The fourth-order valence-corrected chi connectivity index (χ4v) is 2.06. The summed E-state index contributed by atoms with van der Waals surface area (Å²) in [5.41, 5.74) is 0. The van der Waals surface area contributed by atoms with Crippen LogP contribution in [0, 0.1) is 5.92 Å². The Morgan fingerprint density at radius 3 is 2.59 bits per heavy atom. The van der Waals surface area contributed by atoms with E-state index in [2.05, 4.69) is 10.6 Å². The molecule has 1 fully saturated rings. The quantitative estimate of drug-likeness (QED) is 0.626. The molecule has 1 aliphatic rings. The predicted octanol–water partition coefficient (Wildman–Crippen LogP) is -0.118. The second kappa shape index (κ2) is 6.22. The van der Waals surface area contributed by atoms with Crippen LogP contribution in [0.15, 0.2) is 0 Å². The van der Waals surface area contributed by atoms with Gasteiger partial charge in [-0.25, -0.2) is 0 Å². The van der Waals surface area contributed by atoms with Gasteiger partial charge in [0, 0.05) is 25.9 Å². The van der Waals surface area contributed by atoms with Crippen molar-refractivity contribution in [2.75, 3.05) is 6.54 Å². The molecule has 17 heavy (non-hydrogen) atoms. The van der Waals surface area contributed by atoms with E-state index in [9.17, 15) is 14.4 Å². The maximum atomic E-state index is 11.5. The Morgan fingerprint density at radius 1 is 1.29 bits per heavy atom. The number of hydrogen-bond acceptors (Lipinski definition) is 3. The van der Waals surface area contributed by atoms with E-state index in [0.29, 0.717) is 12.8 Å². The van der Waals surface area contributed by atoms with Crippen LogP contribution in [0.4, 0.5) is 0 Å². The highest BCUT2D eigenvalue weighted by atomic mass is 16.4. The number of carboxylic acids is 1. The summed E-state index contributed by atoms with van der Waals surface area (Å²) in [6, 6.07) is -0.266. The zero-order chi connectivity index (χ0) is 12.8. The van der Waals surface area contributed by atoms with E-state index in [1.807, 2.05) is 0 Å². The molecule has 0 heterocycles. The second-order valence-corrected chi connectivity index (χ2v) is 4.28. The lowest BCUT2D eigenvalue weighted by molar-refractivity contribution is -0.142. The first-order valence-corrected chi connectivity index (χ1v) is 5.77. The van der Waals surface area contributed by atoms with Crippen molar-refractivity contribution in [1.82, 2.24) is 10.6 Å².